The lowest BCUT2D eigenvalue weighted by atomic mass is 9.76. The number of carbonyl (C=O) groups excluding carboxylic acids is 1. The van der Waals surface area contributed by atoms with E-state index in [1.807, 2.05) is 6.92 Å². The van der Waals surface area contributed by atoms with Crippen molar-refractivity contribution in [3.63, 3.8) is 0 Å². The molecule has 1 saturated carbocycles. The molecule has 0 aromatic heterocycles. The molecule has 0 spiro atoms. The van der Waals surface area contributed by atoms with Gasteiger partial charge in [0.2, 0.25) is 5.91 Å². The molecule has 4 nitrogen and oxygen atoms in total. The monoisotopic (exact) mass is 256 g/mol. The van der Waals surface area contributed by atoms with E-state index in [-0.39, 0.29) is 11.9 Å². The van der Waals surface area contributed by atoms with Gasteiger partial charge in [0.25, 0.3) is 0 Å². The summed E-state index contributed by atoms with van der Waals surface area (Å²) in [7, 11) is 1.64. The van der Waals surface area contributed by atoms with Crippen molar-refractivity contribution in [3.05, 3.63) is 0 Å². The van der Waals surface area contributed by atoms with Crippen LogP contribution in [0.15, 0.2) is 0 Å². The van der Waals surface area contributed by atoms with Gasteiger partial charge in [0.05, 0.1) is 13.2 Å². The molecular formula is C14H28N2O2. The second kappa shape index (κ2) is 7.74. The van der Waals surface area contributed by atoms with Crippen LogP contribution in [0.5, 0.6) is 0 Å². The molecular weight excluding hydrogens is 228 g/mol. The Kier molecular flexibility index (Phi) is 6.65. The van der Waals surface area contributed by atoms with E-state index in [0.29, 0.717) is 18.6 Å². The van der Waals surface area contributed by atoms with Crippen molar-refractivity contribution in [2.24, 2.45) is 5.41 Å². The summed E-state index contributed by atoms with van der Waals surface area (Å²) >= 11 is 0. The quantitative estimate of drug-likeness (QED) is 0.729. The second-order valence-electron chi connectivity index (χ2n) is 5.90. The van der Waals surface area contributed by atoms with Gasteiger partial charge in [0, 0.05) is 19.7 Å². The molecule has 0 radical (unpaired) electrons. The highest BCUT2D eigenvalue weighted by molar-refractivity contribution is 5.78. The fourth-order valence-electron chi connectivity index (χ4n) is 2.68. The number of hydrogen-bond donors (Lipinski definition) is 2. The van der Waals surface area contributed by atoms with Crippen LogP contribution in [0.2, 0.25) is 0 Å². The van der Waals surface area contributed by atoms with E-state index in [2.05, 4.69) is 17.6 Å². The molecule has 2 N–H and O–H groups in total. The summed E-state index contributed by atoms with van der Waals surface area (Å²) in [6.45, 7) is 6.18. The maximum absolute atomic E-state index is 11.6. The van der Waals surface area contributed by atoms with Gasteiger partial charge in [0.15, 0.2) is 0 Å². The van der Waals surface area contributed by atoms with Crippen molar-refractivity contribution >= 4 is 5.91 Å². The SMILES string of the molecule is COCC(C)NC(=O)CNCC1(C)CCCCC1. The predicted molar refractivity (Wildman–Crippen MR) is 73.5 cm³/mol. The van der Waals surface area contributed by atoms with Crippen LogP contribution in [-0.2, 0) is 9.53 Å². The first-order valence-electron chi connectivity index (χ1n) is 7.05. The zero-order valence-electron chi connectivity index (χ0n) is 12.1. The van der Waals surface area contributed by atoms with Crippen LogP contribution in [0.4, 0.5) is 0 Å². The van der Waals surface area contributed by atoms with Crippen LogP contribution in [0.3, 0.4) is 0 Å². The molecule has 1 amide bonds. The fourth-order valence-corrected chi connectivity index (χ4v) is 2.68. The molecule has 4 heteroatoms. The molecule has 1 rings (SSSR count). The highest BCUT2D eigenvalue weighted by atomic mass is 16.5. The van der Waals surface area contributed by atoms with Crippen LogP contribution in [0.1, 0.15) is 46.0 Å². The number of rotatable bonds is 7. The smallest absolute Gasteiger partial charge is 0.234 e. The standard InChI is InChI=1S/C14H28N2O2/c1-12(10-18-3)16-13(17)9-15-11-14(2)7-5-4-6-8-14/h12,15H,4-11H2,1-3H3,(H,16,17). The molecule has 1 aliphatic carbocycles. The molecule has 106 valence electrons. The molecule has 0 bridgehead atoms. The zero-order chi connectivity index (χ0) is 13.4. The lowest BCUT2D eigenvalue weighted by Crippen LogP contribution is -2.43. The van der Waals surface area contributed by atoms with Crippen LogP contribution < -0.4 is 10.6 Å². The third-order valence-electron chi connectivity index (χ3n) is 3.72. The summed E-state index contributed by atoms with van der Waals surface area (Å²) in [6.07, 6.45) is 6.58. The predicted octanol–water partition coefficient (Wildman–Crippen LogP) is 1.70. The molecule has 0 aliphatic heterocycles. The second-order valence-corrected chi connectivity index (χ2v) is 5.90. The molecule has 1 atom stereocenters. The average Bonchev–Trinajstić information content (AvgIpc) is 2.29. The third kappa shape index (κ3) is 5.83. The van der Waals surface area contributed by atoms with E-state index >= 15 is 0 Å². The summed E-state index contributed by atoms with van der Waals surface area (Å²) in [5, 5.41) is 6.19. The number of ether oxygens (including phenoxy) is 1. The maximum atomic E-state index is 11.6. The molecule has 18 heavy (non-hydrogen) atoms. The van der Waals surface area contributed by atoms with Gasteiger partial charge in [-0.2, -0.15) is 0 Å². The Morgan fingerprint density at radius 2 is 2.00 bits per heavy atom. The topological polar surface area (TPSA) is 50.4 Å². The Morgan fingerprint density at radius 3 is 2.61 bits per heavy atom. The minimum atomic E-state index is 0.0546. The van der Waals surface area contributed by atoms with Crippen LogP contribution >= 0.6 is 0 Å². The van der Waals surface area contributed by atoms with Crippen LogP contribution in [-0.4, -0.2) is 38.8 Å². The summed E-state index contributed by atoms with van der Waals surface area (Å²) in [6, 6.07) is 0.0783. The maximum Gasteiger partial charge on any atom is 0.234 e. The summed E-state index contributed by atoms with van der Waals surface area (Å²) in [4.78, 5) is 11.6. The zero-order valence-corrected chi connectivity index (χ0v) is 12.1. The number of amides is 1. The highest BCUT2D eigenvalue weighted by Crippen LogP contribution is 2.34. The molecule has 0 aromatic rings. The van der Waals surface area contributed by atoms with Crippen molar-refractivity contribution in [2.75, 3.05) is 26.8 Å². The Balaban J connectivity index is 2.14. The summed E-state index contributed by atoms with van der Waals surface area (Å²) in [5.41, 5.74) is 0.386. The fraction of sp³-hybridized carbons (Fsp3) is 0.929. The van der Waals surface area contributed by atoms with Crippen molar-refractivity contribution in [1.29, 1.82) is 0 Å². The van der Waals surface area contributed by atoms with E-state index in [4.69, 9.17) is 4.74 Å². The van der Waals surface area contributed by atoms with E-state index in [1.54, 1.807) is 7.11 Å². The van der Waals surface area contributed by atoms with E-state index in [9.17, 15) is 4.79 Å². The molecule has 0 aromatic carbocycles. The normalized spacial score (nSPS) is 20.4. The van der Waals surface area contributed by atoms with E-state index in [0.717, 1.165) is 6.54 Å². The van der Waals surface area contributed by atoms with Gasteiger partial charge in [-0.3, -0.25) is 4.79 Å². The Bertz CT molecular complexity index is 250. The van der Waals surface area contributed by atoms with Gasteiger partial charge in [-0.25, -0.2) is 0 Å². The van der Waals surface area contributed by atoms with Crippen molar-refractivity contribution in [2.45, 2.75) is 52.0 Å². The molecule has 0 saturated heterocycles. The highest BCUT2D eigenvalue weighted by Gasteiger charge is 2.26. The molecule has 1 aliphatic rings. The minimum absolute atomic E-state index is 0.0546. The van der Waals surface area contributed by atoms with Crippen LogP contribution in [0.25, 0.3) is 0 Å². The molecule has 1 fully saturated rings. The average molecular weight is 256 g/mol. The largest absolute Gasteiger partial charge is 0.383 e. The van der Waals surface area contributed by atoms with Gasteiger partial charge < -0.3 is 15.4 Å². The van der Waals surface area contributed by atoms with Crippen LogP contribution in [0, 0.1) is 5.41 Å². The third-order valence-corrected chi connectivity index (χ3v) is 3.72. The first-order chi connectivity index (χ1) is 8.56. The van der Waals surface area contributed by atoms with Gasteiger partial charge in [-0.15, -0.1) is 0 Å². The van der Waals surface area contributed by atoms with Crippen molar-refractivity contribution in [1.82, 2.24) is 10.6 Å². The first-order valence-corrected chi connectivity index (χ1v) is 7.05. The first kappa shape index (κ1) is 15.4. The lowest BCUT2D eigenvalue weighted by Gasteiger charge is -2.33. The van der Waals surface area contributed by atoms with Gasteiger partial charge in [-0.1, -0.05) is 26.2 Å². The number of methoxy groups -OCH3 is 1. The van der Waals surface area contributed by atoms with Gasteiger partial charge >= 0.3 is 0 Å². The van der Waals surface area contributed by atoms with Crippen molar-refractivity contribution < 1.29 is 9.53 Å². The number of nitrogens with one attached hydrogen (secondary N) is 2. The Hall–Kier alpha value is -0.610. The molecule has 0 heterocycles. The van der Waals surface area contributed by atoms with Crippen molar-refractivity contribution in [3.8, 4) is 0 Å². The van der Waals surface area contributed by atoms with E-state index in [1.165, 1.54) is 32.1 Å². The summed E-state index contributed by atoms with van der Waals surface area (Å²) in [5.74, 6) is 0.0546. The van der Waals surface area contributed by atoms with E-state index < -0.39 is 0 Å². The lowest BCUT2D eigenvalue weighted by molar-refractivity contribution is -0.121. The van der Waals surface area contributed by atoms with Gasteiger partial charge in [-0.05, 0) is 25.2 Å². The Labute approximate surface area is 111 Å². The number of hydrogen-bond acceptors (Lipinski definition) is 3. The number of carbonyl (C=O) groups is 1. The minimum Gasteiger partial charge on any atom is -0.383 e. The summed E-state index contributed by atoms with van der Waals surface area (Å²) < 4.78 is 4.99. The Morgan fingerprint density at radius 1 is 1.33 bits per heavy atom. The van der Waals surface area contributed by atoms with Gasteiger partial charge in [0.1, 0.15) is 0 Å². The molecule has 1 unspecified atom stereocenters.